The Balaban J connectivity index is 1.51. The lowest BCUT2D eigenvalue weighted by Gasteiger charge is -2.62. The minimum Gasteiger partial charge on any atom is -0.431 e. The molecular weight excluding hydrogens is 368 g/mol. The van der Waals surface area contributed by atoms with Crippen LogP contribution < -0.4 is 5.63 Å². The molecule has 0 aliphatic heterocycles. The van der Waals surface area contributed by atoms with Crippen molar-refractivity contribution in [3.63, 3.8) is 0 Å². The van der Waals surface area contributed by atoms with Crippen LogP contribution in [0.4, 0.5) is 0 Å². The Morgan fingerprint density at radius 2 is 1.72 bits per heavy atom. The molecule has 5 rings (SSSR count). The van der Waals surface area contributed by atoms with Gasteiger partial charge in [0.2, 0.25) is 0 Å². The summed E-state index contributed by atoms with van der Waals surface area (Å²) in [5.74, 6) is 1.19. The van der Waals surface area contributed by atoms with Crippen LogP contribution in [-0.2, 0) is 0 Å². The van der Waals surface area contributed by atoms with E-state index in [0.29, 0.717) is 24.7 Å². The first-order chi connectivity index (χ1) is 13.7. The van der Waals surface area contributed by atoms with Gasteiger partial charge in [-0.25, -0.2) is 4.79 Å². The summed E-state index contributed by atoms with van der Waals surface area (Å²) in [6.45, 7) is 4.55. The second-order valence-electron chi connectivity index (χ2n) is 10.9. The van der Waals surface area contributed by atoms with E-state index in [-0.39, 0.29) is 40.3 Å². The molecule has 0 aromatic carbocycles. The monoisotopic (exact) mass is 402 g/mol. The van der Waals surface area contributed by atoms with Crippen molar-refractivity contribution in [1.29, 1.82) is 0 Å². The maximum Gasteiger partial charge on any atom is 0.335 e. The standard InChI is InChI=1S/C24H34O5/c1-23-8-7-15(25)9-14(23)4-5-16-21-18(26)10-17(13-3-6-20(28)29-12-13)24(21,2)11-19(27)22(16)23/h3,6,12,14-19,21-22,25-27H,4-5,7-11H2,1-2H3/t14-,15-,16+,17-,18+,19-,21-,22-,23-,24+/m0/s1. The SMILES string of the molecule is C[C@]12CC[C@H](O)C[C@@H]1CC[C@H]1[C@H]2[C@@H](O)C[C@@]2(C)[C@@H]1[C@H](O)C[C@H]2c1ccc(=O)oc1. The third-order valence-corrected chi connectivity index (χ3v) is 9.68. The maximum atomic E-state index is 11.5. The van der Waals surface area contributed by atoms with Gasteiger partial charge in [0.15, 0.2) is 0 Å². The quantitative estimate of drug-likeness (QED) is 0.672. The number of aliphatic hydroxyl groups excluding tert-OH is 3. The summed E-state index contributed by atoms with van der Waals surface area (Å²) in [5, 5.41) is 32.9. The van der Waals surface area contributed by atoms with Crippen LogP contribution in [-0.4, -0.2) is 33.6 Å². The van der Waals surface area contributed by atoms with E-state index < -0.39 is 12.2 Å². The Morgan fingerprint density at radius 1 is 0.966 bits per heavy atom. The molecule has 4 saturated carbocycles. The molecule has 1 aromatic heterocycles. The summed E-state index contributed by atoms with van der Waals surface area (Å²) in [6.07, 6.45) is 6.60. The predicted octanol–water partition coefficient (Wildman–Crippen LogP) is 3.07. The van der Waals surface area contributed by atoms with Crippen molar-refractivity contribution in [2.45, 2.75) is 83.0 Å². The van der Waals surface area contributed by atoms with E-state index in [1.54, 1.807) is 6.26 Å². The summed E-state index contributed by atoms with van der Waals surface area (Å²) in [6, 6.07) is 3.29. The fraction of sp³-hybridized carbons (Fsp3) is 0.792. The van der Waals surface area contributed by atoms with Crippen LogP contribution >= 0.6 is 0 Å². The molecule has 0 saturated heterocycles. The number of hydrogen-bond acceptors (Lipinski definition) is 5. The fourth-order valence-corrected chi connectivity index (χ4v) is 8.52. The Labute approximate surface area is 172 Å². The Bertz CT molecular complexity index is 814. The lowest BCUT2D eigenvalue weighted by Crippen LogP contribution is -2.60. The van der Waals surface area contributed by atoms with Crippen molar-refractivity contribution < 1.29 is 19.7 Å². The fourth-order valence-electron chi connectivity index (χ4n) is 8.52. The molecule has 5 heteroatoms. The summed E-state index contributed by atoms with van der Waals surface area (Å²) >= 11 is 0. The molecule has 3 N–H and O–H groups in total. The normalized spacial score (nSPS) is 51.8. The average molecular weight is 403 g/mol. The molecule has 0 amide bonds. The maximum absolute atomic E-state index is 11.5. The number of aliphatic hydroxyl groups is 3. The van der Waals surface area contributed by atoms with Gasteiger partial charge in [0, 0.05) is 6.07 Å². The molecule has 4 aliphatic rings. The third kappa shape index (κ3) is 2.80. The lowest BCUT2D eigenvalue weighted by atomic mass is 9.43. The molecule has 0 unspecified atom stereocenters. The first-order valence-corrected chi connectivity index (χ1v) is 11.4. The summed E-state index contributed by atoms with van der Waals surface area (Å²) < 4.78 is 5.14. The van der Waals surface area contributed by atoms with E-state index in [4.69, 9.17) is 4.42 Å². The zero-order valence-corrected chi connectivity index (χ0v) is 17.5. The van der Waals surface area contributed by atoms with E-state index in [0.717, 1.165) is 37.7 Å². The first kappa shape index (κ1) is 19.8. The van der Waals surface area contributed by atoms with Gasteiger partial charge in [-0.15, -0.1) is 0 Å². The van der Waals surface area contributed by atoms with Gasteiger partial charge in [-0.1, -0.05) is 13.8 Å². The van der Waals surface area contributed by atoms with Crippen molar-refractivity contribution in [1.82, 2.24) is 0 Å². The number of fused-ring (bicyclic) bond motifs is 5. The molecule has 5 nitrogen and oxygen atoms in total. The van der Waals surface area contributed by atoms with Gasteiger partial charge >= 0.3 is 5.63 Å². The Hall–Kier alpha value is -1.17. The smallest absolute Gasteiger partial charge is 0.335 e. The van der Waals surface area contributed by atoms with Crippen LogP contribution in [0.25, 0.3) is 0 Å². The van der Waals surface area contributed by atoms with E-state index in [1.807, 2.05) is 6.07 Å². The highest BCUT2D eigenvalue weighted by atomic mass is 16.4. The largest absolute Gasteiger partial charge is 0.431 e. The van der Waals surface area contributed by atoms with E-state index in [9.17, 15) is 20.1 Å². The molecule has 0 radical (unpaired) electrons. The highest BCUT2D eigenvalue weighted by molar-refractivity contribution is 5.25. The molecule has 1 heterocycles. The Morgan fingerprint density at radius 3 is 2.45 bits per heavy atom. The molecule has 29 heavy (non-hydrogen) atoms. The molecule has 0 bridgehead atoms. The Kier molecular flexibility index (Phi) is 4.54. The molecule has 10 atom stereocenters. The summed E-state index contributed by atoms with van der Waals surface area (Å²) in [4.78, 5) is 11.4. The topological polar surface area (TPSA) is 90.9 Å². The zero-order valence-electron chi connectivity index (χ0n) is 17.5. The summed E-state index contributed by atoms with van der Waals surface area (Å²) in [7, 11) is 0. The minimum absolute atomic E-state index is 0.0419. The van der Waals surface area contributed by atoms with Crippen LogP contribution in [0, 0.1) is 34.5 Å². The van der Waals surface area contributed by atoms with Crippen molar-refractivity contribution in [2.75, 3.05) is 0 Å². The second-order valence-corrected chi connectivity index (χ2v) is 10.9. The van der Waals surface area contributed by atoms with E-state index in [2.05, 4.69) is 13.8 Å². The summed E-state index contributed by atoms with van der Waals surface area (Å²) in [5.41, 5.74) is 0.431. The van der Waals surface area contributed by atoms with Crippen LogP contribution in [0.3, 0.4) is 0 Å². The van der Waals surface area contributed by atoms with Gasteiger partial charge in [0.05, 0.1) is 24.6 Å². The minimum atomic E-state index is -0.397. The molecule has 0 spiro atoms. The molecule has 4 fully saturated rings. The van der Waals surface area contributed by atoms with E-state index in [1.165, 1.54) is 6.07 Å². The molecular formula is C24H34O5. The second kappa shape index (κ2) is 6.66. The van der Waals surface area contributed by atoms with Crippen LogP contribution in [0.5, 0.6) is 0 Å². The van der Waals surface area contributed by atoms with Gasteiger partial charge < -0.3 is 19.7 Å². The van der Waals surface area contributed by atoms with Gasteiger partial charge in [0.25, 0.3) is 0 Å². The number of hydrogen-bond donors (Lipinski definition) is 3. The molecule has 160 valence electrons. The van der Waals surface area contributed by atoms with E-state index >= 15 is 0 Å². The third-order valence-electron chi connectivity index (χ3n) is 9.68. The van der Waals surface area contributed by atoms with Crippen molar-refractivity contribution in [3.8, 4) is 0 Å². The number of rotatable bonds is 1. The average Bonchev–Trinajstić information content (AvgIpc) is 2.93. The van der Waals surface area contributed by atoms with Crippen LogP contribution in [0.15, 0.2) is 27.6 Å². The lowest BCUT2D eigenvalue weighted by molar-refractivity contribution is -0.184. The van der Waals surface area contributed by atoms with Crippen molar-refractivity contribution in [3.05, 3.63) is 34.4 Å². The zero-order chi connectivity index (χ0) is 20.6. The van der Waals surface area contributed by atoms with Gasteiger partial charge in [-0.05, 0) is 97.0 Å². The van der Waals surface area contributed by atoms with Gasteiger partial charge in [0.1, 0.15) is 0 Å². The highest BCUT2D eigenvalue weighted by Crippen LogP contribution is 2.68. The van der Waals surface area contributed by atoms with Crippen molar-refractivity contribution >= 4 is 0 Å². The predicted molar refractivity (Wildman–Crippen MR) is 108 cm³/mol. The highest BCUT2D eigenvalue weighted by Gasteiger charge is 2.65. The van der Waals surface area contributed by atoms with Crippen molar-refractivity contribution in [2.24, 2.45) is 34.5 Å². The van der Waals surface area contributed by atoms with Gasteiger partial charge in [-0.2, -0.15) is 0 Å². The van der Waals surface area contributed by atoms with Gasteiger partial charge in [-0.3, -0.25) is 0 Å². The van der Waals surface area contributed by atoms with Crippen LogP contribution in [0.2, 0.25) is 0 Å². The first-order valence-electron chi connectivity index (χ1n) is 11.4. The van der Waals surface area contributed by atoms with Crippen LogP contribution in [0.1, 0.15) is 70.3 Å². The molecule has 1 aromatic rings. The molecule has 4 aliphatic carbocycles.